The first-order valence-corrected chi connectivity index (χ1v) is 8.36. The molecule has 1 aromatic carbocycles. The van der Waals surface area contributed by atoms with Crippen LogP contribution in [-0.4, -0.2) is 5.78 Å². The van der Waals surface area contributed by atoms with Crippen LogP contribution in [0.25, 0.3) is 0 Å². The number of carbonyl (C=O) groups is 1. The van der Waals surface area contributed by atoms with Crippen molar-refractivity contribution in [3.8, 4) is 0 Å². The van der Waals surface area contributed by atoms with Crippen molar-refractivity contribution in [1.82, 2.24) is 0 Å². The minimum absolute atomic E-state index is 0.0806. The van der Waals surface area contributed by atoms with Gasteiger partial charge in [0.15, 0.2) is 5.78 Å². The lowest BCUT2D eigenvalue weighted by atomic mass is 9.84. The highest BCUT2D eigenvalue weighted by Gasteiger charge is 2.18. The molecule has 1 fully saturated rings. The number of halogens is 1. The van der Waals surface area contributed by atoms with Crippen molar-refractivity contribution in [2.75, 3.05) is 0 Å². The van der Waals surface area contributed by atoms with Gasteiger partial charge >= 0.3 is 0 Å². The third-order valence-corrected chi connectivity index (χ3v) is 3.78. The van der Waals surface area contributed by atoms with Gasteiger partial charge in [0.1, 0.15) is 0 Å². The number of hydrogen-bond acceptors (Lipinski definition) is 1. The molecule has 0 spiro atoms. The summed E-state index contributed by atoms with van der Waals surface area (Å²) in [6.45, 7) is 9.58. The van der Waals surface area contributed by atoms with Crippen molar-refractivity contribution in [1.29, 1.82) is 0 Å². The molecule has 1 aliphatic carbocycles. The van der Waals surface area contributed by atoms with Crippen molar-refractivity contribution in [2.24, 2.45) is 0 Å². The molecule has 1 aromatic rings. The van der Waals surface area contributed by atoms with Gasteiger partial charge in [0, 0.05) is 10.6 Å². The first-order valence-electron chi connectivity index (χ1n) is 7.99. The fourth-order valence-electron chi connectivity index (χ4n) is 2.49. The molecular weight excluding hydrogens is 268 g/mol. The monoisotopic (exact) mass is 296 g/mol. The summed E-state index contributed by atoms with van der Waals surface area (Å²) in [6, 6.07) is 5.75. The SMILES string of the molecule is CC.CC.CC(=O)c1ccc(C2CCCCC2)c(Cl)c1. The van der Waals surface area contributed by atoms with Crippen molar-refractivity contribution >= 4 is 17.4 Å². The van der Waals surface area contributed by atoms with Crippen LogP contribution in [-0.2, 0) is 0 Å². The molecule has 1 saturated carbocycles. The summed E-state index contributed by atoms with van der Waals surface area (Å²) in [5, 5.41) is 0.764. The van der Waals surface area contributed by atoms with Gasteiger partial charge in [-0.25, -0.2) is 0 Å². The molecule has 0 aromatic heterocycles. The minimum Gasteiger partial charge on any atom is -0.295 e. The van der Waals surface area contributed by atoms with Crippen LogP contribution in [0.4, 0.5) is 0 Å². The second-order valence-corrected chi connectivity index (χ2v) is 5.03. The van der Waals surface area contributed by atoms with Crippen molar-refractivity contribution in [3.63, 3.8) is 0 Å². The van der Waals surface area contributed by atoms with E-state index in [0.29, 0.717) is 11.5 Å². The summed E-state index contributed by atoms with van der Waals surface area (Å²) in [5.41, 5.74) is 1.94. The first kappa shape index (κ1) is 19.2. The molecule has 0 bridgehead atoms. The van der Waals surface area contributed by atoms with Crippen LogP contribution in [0.15, 0.2) is 18.2 Å². The zero-order valence-corrected chi connectivity index (χ0v) is 14.4. The molecule has 114 valence electrons. The predicted octanol–water partition coefficient (Wildman–Crippen LogP) is 6.64. The highest BCUT2D eigenvalue weighted by molar-refractivity contribution is 6.31. The van der Waals surface area contributed by atoms with E-state index in [1.165, 1.54) is 37.7 Å². The van der Waals surface area contributed by atoms with Gasteiger partial charge in [0.25, 0.3) is 0 Å². The number of ketones is 1. The lowest BCUT2D eigenvalue weighted by Crippen LogP contribution is -2.05. The van der Waals surface area contributed by atoms with Crippen molar-refractivity contribution in [2.45, 2.75) is 72.6 Å². The fraction of sp³-hybridized carbons (Fsp3) is 0.611. The normalized spacial score (nSPS) is 14.5. The van der Waals surface area contributed by atoms with Crippen LogP contribution in [0.3, 0.4) is 0 Å². The van der Waals surface area contributed by atoms with Crippen molar-refractivity contribution in [3.05, 3.63) is 34.3 Å². The highest BCUT2D eigenvalue weighted by Crippen LogP contribution is 2.36. The summed E-state index contributed by atoms with van der Waals surface area (Å²) in [6.07, 6.45) is 6.42. The van der Waals surface area contributed by atoms with E-state index in [1.807, 2.05) is 45.9 Å². The number of benzene rings is 1. The summed E-state index contributed by atoms with van der Waals surface area (Å²) >= 11 is 6.25. The largest absolute Gasteiger partial charge is 0.295 e. The van der Waals surface area contributed by atoms with E-state index in [-0.39, 0.29) is 5.78 Å². The Kier molecular flexibility index (Phi) is 10.5. The zero-order chi connectivity index (χ0) is 15.5. The van der Waals surface area contributed by atoms with Crippen LogP contribution in [0.2, 0.25) is 5.02 Å². The van der Waals surface area contributed by atoms with Gasteiger partial charge in [-0.15, -0.1) is 0 Å². The van der Waals surface area contributed by atoms with Gasteiger partial charge in [0.05, 0.1) is 0 Å². The van der Waals surface area contributed by atoms with E-state index in [2.05, 4.69) is 0 Å². The van der Waals surface area contributed by atoms with Gasteiger partial charge in [-0.1, -0.05) is 70.7 Å². The van der Waals surface area contributed by atoms with Crippen LogP contribution in [0, 0.1) is 0 Å². The standard InChI is InChI=1S/C14H17ClO.2C2H6/c1-10(16)12-7-8-13(14(15)9-12)11-5-3-2-4-6-11;2*1-2/h7-9,11H,2-6H2,1H3;2*1-2H3. The molecule has 0 heterocycles. The minimum atomic E-state index is 0.0806. The summed E-state index contributed by atoms with van der Waals surface area (Å²) in [5.74, 6) is 0.680. The fourth-order valence-corrected chi connectivity index (χ4v) is 2.83. The predicted molar refractivity (Wildman–Crippen MR) is 90.0 cm³/mol. The molecule has 2 rings (SSSR count). The first-order chi connectivity index (χ1) is 9.68. The molecule has 0 saturated heterocycles. The molecule has 0 unspecified atom stereocenters. The third-order valence-electron chi connectivity index (χ3n) is 3.45. The number of rotatable bonds is 2. The Hall–Kier alpha value is -0.820. The van der Waals surface area contributed by atoms with Gasteiger partial charge in [-0.2, -0.15) is 0 Å². The maximum absolute atomic E-state index is 11.2. The highest BCUT2D eigenvalue weighted by atomic mass is 35.5. The third kappa shape index (κ3) is 5.66. The summed E-state index contributed by atoms with van der Waals surface area (Å²) in [7, 11) is 0. The Morgan fingerprint density at radius 2 is 1.60 bits per heavy atom. The molecule has 0 radical (unpaired) electrons. The van der Waals surface area contributed by atoms with Crippen LogP contribution in [0.1, 0.15) is 88.6 Å². The number of carbonyl (C=O) groups excluding carboxylic acids is 1. The lowest BCUT2D eigenvalue weighted by molar-refractivity contribution is 0.101. The topological polar surface area (TPSA) is 17.1 Å². The smallest absolute Gasteiger partial charge is 0.159 e. The maximum Gasteiger partial charge on any atom is 0.159 e. The molecule has 20 heavy (non-hydrogen) atoms. The molecule has 0 amide bonds. The van der Waals surface area contributed by atoms with Gasteiger partial charge in [-0.3, -0.25) is 4.79 Å². The average molecular weight is 297 g/mol. The summed E-state index contributed by atoms with van der Waals surface area (Å²) < 4.78 is 0. The van der Waals surface area contributed by atoms with E-state index >= 15 is 0 Å². The molecule has 1 aliphatic rings. The van der Waals surface area contributed by atoms with Gasteiger partial charge in [-0.05, 0) is 37.3 Å². The van der Waals surface area contributed by atoms with E-state index in [4.69, 9.17) is 11.6 Å². The van der Waals surface area contributed by atoms with Crippen LogP contribution >= 0.6 is 11.6 Å². The van der Waals surface area contributed by atoms with E-state index in [1.54, 1.807) is 6.92 Å². The van der Waals surface area contributed by atoms with E-state index in [0.717, 1.165) is 5.02 Å². The van der Waals surface area contributed by atoms with Crippen LogP contribution in [0.5, 0.6) is 0 Å². The zero-order valence-electron chi connectivity index (χ0n) is 13.6. The number of hydrogen-bond donors (Lipinski definition) is 0. The van der Waals surface area contributed by atoms with E-state index in [9.17, 15) is 4.79 Å². The second-order valence-electron chi connectivity index (χ2n) is 4.63. The second kappa shape index (κ2) is 10.9. The summed E-state index contributed by atoms with van der Waals surface area (Å²) in [4.78, 5) is 11.2. The molecule has 0 N–H and O–H groups in total. The molecule has 2 heteroatoms. The van der Waals surface area contributed by atoms with Gasteiger partial charge < -0.3 is 0 Å². The van der Waals surface area contributed by atoms with Crippen molar-refractivity contribution < 1.29 is 4.79 Å². The molecule has 0 atom stereocenters. The Morgan fingerprint density at radius 1 is 1.05 bits per heavy atom. The Labute approximate surface area is 129 Å². The lowest BCUT2D eigenvalue weighted by Gasteiger charge is -2.23. The van der Waals surface area contributed by atoms with Crippen LogP contribution < -0.4 is 0 Å². The Balaban J connectivity index is 0.000000829. The maximum atomic E-state index is 11.2. The Morgan fingerprint density at radius 3 is 2.05 bits per heavy atom. The molecule has 1 nitrogen and oxygen atoms in total. The quantitative estimate of drug-likeness (QED) is 0.559. The van der Waals surface area contributed by atoms with E-state index < -0.39 is 0 Å². The number of Topliss-reactive ketones (excluding diaryl/α,β-unsaturated/α-hetero) is 1. The molecular formula is C18H29ClO. The Bertz CT molecular complexity index is 392. The van der Waals surface area contributed by atoms with Gasteiger partial charge in [0.2, 0.25) is 0 Å². The molecule has 0 aliphatic heterocycles. The average Bonchev–Trinajstić information content (AvgIpc) is 2.52.